The highest BCUT2D eigenvalue weighted by atomic mass is 35.5. The van der Waals surface area contributed by atoms with Gasteiger partial charge in [-0.3, -0.25) is 4.90 Å². The maximum Gasteiger partial charge on any atom is 0.163 e. The van der Waals surface area contributed by atoms with Crippen LogP contribution in [0.5, 0.6) is 11.5 Å². The Bertz CT molecular complexity index is 1260. The summed E-state index contributed by atoms with van der Waals surface area (Å²) in [6.45, 7) is 5.12. The fourth-order valence-electron chi connectivity index (χ4n) is 3.97. The Kier molecular flexibility index (Phi) is 9.65. The molecule has 0 unspecified atom stereocenters. The highest BCUT2D eigenvalue weighted by molar-refractivity contribution is 6.35. The van der Waals surface area contributed by atoms with Crippen molar-refractivity contribution in [3.8, 4) is 11.5 Å². The number of aromatic nitrogens is 2. The number of fused-ring (bicyclic) bond motifs is 2. The molecular weight excluding hydrogens is 515 g/mol. The Labute approximate surface area is 220 Å². The highest BCUT2D eigenvalue weighted by Gasteiger charge is 2.16. The maximum absolute atomic E-state index is 6.45. The highest BCUT2D eigenvalue weighted by Crippen LogP contribution is 2.38. The summed E-state index contributed by atoms with van der Waals surface area (Å²) < 4.78 is 22.7. The minimum Gasteiger partial charge on any atom is -0.493 e. The first-order valence-electron chi connectivity index (χ1n) is 10.9. The van der Waals surface area contributed by atoms with Crippen LogP contribution in [-0.4, -0.2) is 61.4 Å². The van der Waals surface area contributed by atoms with Crippen LogP contribution in [0.15, 0.2) is 47.3 Å². The monoisotopic (exact) mass is 540 g/mol. The zero-order valence-electron chi connectivity index (χ0n) is 19.2. The van der Waals surface area contributed by atoms with Crippen molar-refractivity contribution in [2.75, 3.05) is 51.9 Å². The standard InChI is InChI=1S/C24H25ClN4O4.2ClH/c1-30-20-13-17-19(14-21(20)32-9-2-6-29-7-11-31-12-8-29)26-15-27-24(17)28-22-18(25)4-3-16-5-10-33-23(16)22;;/h3-5,10,13-15H,2,6-9,11-12H2,1H3,(H,26,27,28);2*1H. The van der Waals surface area contributed by atoms with Crippen molar-refractivity contribution in [1.82, 2.24) is 14.9 Å². The van der Waals surface area contributed by atoms with Gasteiger partial charge in [0, 0.05) is 36.5 Å². The quantitative estimate of drug-likeness (QED) is 0.283. The third-order valence-electron chi connectivity index (χ3n) is 5.71. The summed E-state index contributed by atoms with van der Waals surface area (Å²) in [7, 11) is 1.62. The van der Waals surface area contributed by atoms with E-state index in [2.05, 4.69) is 20.2 Å². The maximum atomic E-state index is 6.45. The largest absolute Gasteiger partial charge is 0.493 e. The van der Waals surface area contributed by atoms with Gasteiger partial charge < -0.3 is 23.9 Å². The molecule has 4 aromatic rings. The SMILES string of the molecule is COc1cc2c(Nc3c(Cl)ccc4ccoc34)ncnc2cc1OCCCN1CCOCC1.Cl.Cl. The van der Waals surface area contributed by atoms with Gasteiger partial charge in [0.1, 0.15) is 17.8 Å². The van der Waals surface area contributed by atoms with Crippen LogP contribution in [0.1, 0.15) is 6.42 Å². The van der Waals surface area contributed by atoms with E-state index in [-0.39, 0.29) is 24.8 Å². The zero-order chi connectivity index (χ0) is 22.6. The van der Waals surface area contributed by atoms with Crippen molar-refractivity contribution >= 4 is 69.8 Å². The molecule has 1 fully saturated rings. The molecule has 0 aliphatic carbocycles. The second-order valence-corrected chi connectivity index (χ2v) is 8.19. The normalized spacial score (nSPS) is 13.8. The molecule has 0 spiro atoms. The summed E-state index contributed by atoms with van der Waals surface area (Å²) in [5.74, 6) is 1.87. The van der Waals surface area contributed by atoms with Crippen LogP contribution in [0.3, 0.4) is 0 Å². The molecule has 2 aromatic carbocycles. The molecule has 0 radical (unpaired) electrons. The van der Waals surface area contributed by atoms with Gasteiger partial charge in [-0.25, -0.2) is 9.97 Å². The first-order valence-corrected chi connectivity index (χ1v) is 11.3. The van der Waals surface area contributed by atoms with E-state index in [0.717, 1.165) is 55.6 Å². The molecule has 3 heterocycles. The van der Waals surface area contributed by atoms with E-state index < -0.39 is 0 Å². The molecule has 8 nitrogen and oxygen atoms in total. The van der Waals surface area contributed by atoms with Crippen molar-refractivity contribution < 1.29 is 18.6 Å². The number of methoxy groups -OCH3 is 1. The van der Waals surface area contributed by atoms with Gasteiger partial charge in [-0.1, -0.05) is 11.6 Å². The molecule has 0 bridgehead atoms. The molecule has 1 N–H and O–H groups in total. The third-order valence-corrected chi connectivity index (χ3v) is 6.03. The van der Waals surface area contributed by atoms with Crippen molar-refractivity contribution in [2.45, 2.75) is 6.42 Å². The predicted octanol–water partition coefficient (Wildman–Crippen LogP) is 5.73. The van der Waals surface area contributed by atoms with Gasteiger partial charge in [0.15, 0.2) is 17.1 Å². The van der Waals surface area contributed by atoms with Crippen LogP contribution in [0.25, 0.3) is 21.9 Å². The molecule has 0 atom stereocenters. The zero-order valence-corrected chi connectivity index (χ0v) is 21.5. The van der Waals surface area contributed by atoms with Crippen LogP contribution in [0.4, 0.5) is 11.5 Å². The van der Waals surface area contributed by atoms with Gasteiger partial charge in [-0.05, 0) is 30.7 Å². The molecule has 35 heavy (non-hydrogen) atoms. The summed E-state index contributed by atoms with van der Waals surface area (Å²) >= 11 is 6.45. The lowest BCUT2D eigenvalue weighted by Crippen LogP contribution is -2.37. The second-order valence-electron chi connectivity index (χ2n) is 7.78. The Balaban J connectivity index is 0.00000171. The summed E-state index contributed by atoms with van der Waals surface area (Å²) in [6, 6.07) is 9.39. The molecule has 0 saturated carbocycles. The van der Waals surface area contributed by atoms with Gasteiger partial charge in [0.05, 0.1) is 43.7 Å². The van der Waals surface area contributed by atoms with Gasteiger partial charge >= 0.3 is 0 Å². The number of rotatable bonds is 8. The number of hydrogen-bond acceptors (Lipinski definition) is 8. The van der Waals surface area contributed by atoms with Crippen molar-refractivity contribution in [3.05, 3.63) is 47.9 Å². The van der Waals surface area contributed by atoms with Crippen LogP contribution in [0.2, 0.25) is 5.02 Å². The molecule has 1 aliphatic heterocycles. The fourth-order valence-corrected chi connectivity index (χ4v) is 4.17. The van der Waals surface area contributed by atoms with E-state index in [1.807, 2.05) is 30.3 Å². The number of ether oxygens (including phenoxy) is 3. The molecule has 188 valence electrons. The first-order chi connectivity index (χ1) is 16.2. The van der Waals surface area contributed by atoms with Crippen LogP contribution >= 0.6 is 36.4 Å². The fraction of sp³-hybridized carbons (Fsp3) is 0.333. The predicted molar refractivity (Wildman–Crippen MR) is 142 cm³/mol. The second kappa shape index (κ2) is 12.5. The van der Waals surface area contributed by atoms with Gasteiger partial charge in [-0.15, -0.1) is 24.8 Å². The molecule has 11 heteroatoms. The summed E-state index contributed by atoms with van der Waals surface area (Å²) in [6.07, 6.45) is 4.06. The topological polar surface area (TPSA) is 81.9 Å². The smallest absolute Gasteiger partial charge is 0.163 e. The minimum atomic E-state index is 0. The van der Waals surface area contributed by atoms with E-state index in [1.165, 1.54) is 6.33 Å². The Morgan fingerprint density at radius 3 is 2.71 bits per heavy atom. The van der Waals surface area contributed by atoms with Crippen molar-refractivity contribution in [2.24, 2.45) is 0 Å². The van der Waals surface area contributed by atoms with Crippen LogP contribution in [0, 0.1) is 0 Å². The number of nitrogens with zero attached hydrogens (tertiary/aromatic N) is 3. The van der Waals surface area contributed by atoms with E-state index in [4.69, 9.17) is 30.2 Å². The molecule has 5 rings (SSSR count). The molecular formula is C24H27Cl3N4O4. The number of furan rings is 1. The average molecular weight is 542 g/mol. The van der Waals surface area contributed by atoms with Gasteiger partial charge in [0.25, 0.3) is 0 Å². The van der Waals surface area contributed by atoms with Gasteiger partial charge in [-0.2, -0.15) is 0 Å². The number of halogens is 3. The van der Waals surface area contributed by atoms with E-state index >= 15 is 0 Å². The summed E-state index contributed by atoms with van der Waals surface area (Å²) in [5, 5.41) is 5.59. The average Bonchev–Trinajstić information content (AvgIpc) is 3.33. The summed E-state index contributed by atoms with van der Waals surface area (Å²) in [5.41, 5.74) is 2.06. The van der Waals surface area contributed by atoms with E-state index in [0.29, 0.717) is 40.2 Å². The van der Waals surface area contributed by atoms with Crippen molar-refractivity contribution in [3.63, 3.8) is 0 Å². The first kappa shape index (κ1) is 27.1. The number of nitrogens with one attached hydrogen (secondary N) is 1. The Morgan fingerprint density at radius 1 is 1.09 bits per heavy atom. The molecule has 1 aliphatic rings. The van der Waals surface area contributed by atoms with Crippen LogP contribution in [-0.2, 0) is 4.74 Å². The Morgan fingerprint density at radius 2 is 1.91 bits per heavy atom. The lowest BCUT2D eigenvalue weighted by atomic mass is 10.2. The number of benzene rings is 2. The van der Waals surface area contributed by atoms with Crippen LogP contribution < -0.4 is 14.8 Å². The summed E-state index contributed by atoms with van der Waals surface area (Å²) in [4.78, 5) is 11.3. The molecule has 0 amide bonds. The Hall–Kier alpha value is -2.49. The lowest BCUT2D eigenvalue weighted by molar-refractivity contribution is 0.0357. The number of hydrogen-bond donors (Lipinski definition) is 1. The van der Waals surface area contributed by atoms with Crippen molar-refractivity contribution in [1.29, 1.82) is 0 Å². The molecule has 1 saturated heterocycles. The number of anilines is 2. The van der Waals surface area contributed by atoms with E-state index in [9.17, 15) is 0 Å². The molecule has 2 aromatic heterocycles. The van der Waals surface area contributed by atoms with E-state index in [1.54, 1.807) is 13.4 Å². The minimum absolute atomic E-state index is 0. The van der Waals surface area contributed by atoms with Gasteiger partial charge in [0.2, 0.25) is 0 Å². The number of morpholine rings is 1. The third kappa shape index (κ3) is 6.02. The lowest BCUT2D eigenvalue weighted by Gasteiger charge is -2.26.